The van der Waals surface area contributed by atoms with Crippen LogP contribution < -0.4 is 15.5 Å². The highest BCUT2D eigenvalue weighted by molar-refractivity contribution is 5.66. The largest absolute Gasteiger partial charge is 0.372 e. The van der Waals surface area contributed by atoms with E-state index >= 15 is 0 Å². The average molecular weight is 374 g/mol. The van der Waals surface area contributed by atoms with E-state index in [1.54, 1.807) is 6.20 Å². The topological polar surface area (TPSA) is 53.1 Å². The van der Waals surface area contributed by atoms with Crippen LogP contribution in [0.4, 0.5) is 28.8 Å². The predicted molar refractivity (Wildman–Crippen MR) is 117 cm³/mol. The van der Waals surface area contributed by atoms with Crippen molar-refractivity contribution in [2.75, 3.05) is 28.6 Å². The van der Waals surface area contributed by atoms with E-state index in [1.807, 2.05) is 6.07 Å². The minimum Gasteiger partial charge on any atom is -0.372 e. The first-order chi connectivity index (χ1) is 13.7. The number of aromatic nitrogens is 2. The Labute approximate surface area is 166 Å². The highest BCUT2D eigenvalue weighted by Crippen LogP contribution is 2.25. The number of piperidine rings is 1. The summed E-state index contributed by atoms with van der Waals surface area (Å²) < 4.78 is 0. The average Bonchev–Trinajstić information content (AvgIpc) is 2.72. The van der Waals surface area contributed by atoms with Crippen LogP contribution in [0.3, 0.4) is 0 Å². The molecule has 2 aromatic carbocycles. The summed E-state index contributed by atoms with van der Waals surface area (Å²) in [7, 11) is 0. The van der Waals surface area contributed by atoms with Gasteiger partial charge in [0.1, 0.15) is 5.82 Å². The highest BCUT2D eigenvalue weighted by Gasteiger charge is 2.11. The third-order valence-corrected chi connectivity index (χ3v) is 5.23. The van der Waals surface area contributed by atoms with Crippen molar-refractivity contribution in [3.8, 4) is 0 Å². The van der Waals surface area contributed by atoms with Gasteiger partial charge in [-0.15, -0.1) is 0 Å². The summed E-state index contributed by atoms with van der Waals surface area (Å²) in [4.78, 5) is 11.4. The summed E-state index contributed by atoms with van der Waals surface area (Å²) in [6, 6.07) is 16.7. The Balaban J connectivity index is 1.46. The van der Waals surface area contributed by atoms with Crippen molar-refractivity contribution in [1.82, 2.24) is 9.97 Å². The van der Waals surface area contributed by atoms with Gasteiger partial charge in [0, 0.05) is 36.3 Å². The van der Waals surface area contributed by atoms with Crippen LogP contribution in [0.15, 0.2) is 54.7 Å². The van der Waals surface area contributed by atoms with Crippen molar-refractivity contribution in [3.63, 3.8) is 0 Å². The first-order valence-corrected chi connectivity index (χ1v) is 9.97. The fourth-order valence-corrected chi connectivity index (χ4v) is 3.67. The third kappa shape index (κ3) is 4.25. The van der Waals surface area contributed by atoms with E-state index in [1.165, 1.54) is 36.1 Å². The number of para-hydroxylation sites is 1. The Bertz CT molecular complexity index is 910. The normalized spacial score (nSPS) is 14.0. The van der Waals surface area contributed by atoms with Crippen LogP contribution in [-0.4, -0.2) is 23.1 Å². The third-order valence-electron chi connectivity index (χ3n) is 5.23. The summed E-state index contributed by atoms with van der Waals surface area (Å²) in [6.45, 7) is 6.50. The summed E-state index contributed by atoms with van der Waals surface area (Å²) >= 11 is 0. The van der Waals surface area contributed by atoms with Gasteiger partial charge in [0.2, 0.25) is 5.95 Å². The molecule has 0 aliphatic carbocycles. The van der Waals surface area contributed by atoms with Crippen LogP contribution in [0.25, 0.3) is 0 Å². The van der Waals surface area contributed by atoms with E-state index in [9.17, 15) is 0 Å². The Morgan fingerprint density at radius 2 is 1.54 bits per heavy atom. The van der Waals surface area contributed by atoms with Gasteiger partial charge in [-0.1, -0.05) is 18.2 Å². The molecule has 2 N–H and O–H groups in total. The Kier molecular flexibility index (Phi) is 5.42. The molecule has 1 aromatic heterocycles. The van der Waals surface area contributed by atoms with Gasteiger partial charge in [0.25, 0.3) is 0 Å². The van der Waals surface area contributed by atoms with Crippen molar-refractivity contribution in [2.24, 2.45) is 0 Å². The SMILES string of the molecule is Cc1cccc(C)c1Nc1ccnc(Nc2ccc(N3CCCCC3)cc2)n1. The molecule has 1 saturated heterocycles. The van der Waals surface area contributed by atoms with Crippen LogP contribution in [0.1, 0.15) is 30.4 Å². The van der Waals surface area contributed by atoms with E-state index in [0.29, 0.717) is 5.95 Å². The number of anilines is 5. The van der Waals surface area contributed by atoms with Gasteiger partial charge in [0.05, 0.1) is 0 Å². The molecule has 4 rings (SSSR count). The van der Waals surface area contributed by atoms with Crippen LogP contribution in [-0.2, 0) is 0 Å². The number of aryl methyl sites for hydroxylation is 2. The van der Waals surface area contributed by atoms with Crippen molar-refractivity contribution >= 4 is 28.8 Å². The molecule has 0 radical (unpaired) electrons. The maximum atomic E-state index is 4.61. The zero-order chi connectivity index (χ0) is 19.3. The maximum Gasteiger partial charge on any atom is 0.229 e. The second kappa shape index (κ2) is 8.30. The first-order valence-electron chi connectivity index (χ1n) is 9.97. The molecular weight excluding hydrogens is 346 g/mol. The predicted octanol–water partition coefficient (Wildman–Crippen LogP) is 5.57. The van der Waals surface area contributed by atoms with E-state index in [0.717, 1.165) is 30.3 Å². The zero-order valence-corrected chi connectivity index (χ0v) is 16.6. The lowest BCUT2D eigenvalue weighted by Gasteiger charge is -2.28. The fourth-order valence-electron chi connectivity index (χ4n) is 3.67. The molecule has 0 bridgehead atoms. The van der Waals surface area contributed by atoms with Crippen molar-refractivity contribution in [3.05, 3.63) is 65.9 Å². The molecule has 1 aliphatic heterocycles. The monoisotopic (exact) mass is 373 g/mol. The molecule has 1 fully saturated rings. The van der Waals surface area contributed by atoms with Gasteiger partial charge in [-0.3, -0.25) is 0 Å². The smallest absolute Gasteiger partial charge is 0.229 e. The molecule has 0 saturated carbocycles. The highest BCUT2D eigenvalue weighted by atomic mass is 15.1. The Morgan fingerprint density at radius 3 is 2.25 bits per heavy atom. The molecule has 0 unspecified atom stereocenters. The van der Waals surface area contributed by atoms with Crippen LogP contribution >= 0.6 is 0 Å². The van der Waals surface area contributed by atoms with E-state index < -0.39 is 0 Å². The maximum absolute atomic E-state index is 4.61. The summed E-state index contributed by atoms with van der Waals surface area (Å²) in [6.07, 6.45) is 5.69. The zero-order valence-electron chi connectivity index (χ0n) is 16.6. The molecule has 3 aromatic rings. The molecule has 0 spiro atoms. The second-order valence-electron chi connectivity index (χ2n) is 7.38. The number of nitrogens with one attached hydrogen (secondary N) is 2. The molecular formula is C23H27N5. The number of rotatable bonds is 5. The van der Waals surface area contributed by atoms with Gasteiger partial charge < -0.3 is 15.5 Å². The Hall–Kier alpha value is -3.08. The lowest BCUT2D eigenvalue weighted by atomic mass is 10.1. The van der Waals surface area contributed by atoms with Gasteiger partial charge in [-0.25, -0.2) is 4.98 Å². The van der Waals surface area contributed by atoms with Gasteiger partial charge in [-0.2, -0.15) is 4.98 Å². The van der Waals surface area contributed by atoms with Crippen molar-refractivity contribution < 1.29 is 0 Å². The quantitative estimate of drug-likeness (QED) is 0.612. The molecule has 1 aliphatic rings. The first kappa shape index (κ1) is 18.3. The summed E-state index contributed by atoms with van der Waals surface area (Å²) in [5.41, 5.74) is 5.77. The van der Waals surface area contributed by atoms with Crippen LogP contribution in [0.2, 0.25) is 0 Å². The van der Waals surface area contributed by atoms with Crippen LogP contribution in [0.5, 0.6) is 0 Å². The number of nitrogens with zero attached hydrogens (tertiary/aromatic N) is 3. The lowest BCUT2D eigenvalue weighted by Crippen LogP contribution is -2.29. The fraction of sp³-hybridized carbons (Fsp3) is 0.304. The molecule has 28 heavy (non-hydrogen) atoms. The van der Waals surface area contributed by atoms with Gasteiger partial charge >= 0.3 is 0 Å². The van der Waals surface area contributed by atoms with E-state index in [4.69, 9.17) is 0 Å². The molecule has 0 atom stereocenters. The minimum atomic E-state index is 0.585. The Morgan fingerprint density at radius 1 is 0.821 bits per heavy atom. The van der Waals surface area contributed by atoms with Crippen molar-refractivity contribution in [2.45, 2.75) is 33.1 Å². The molecule has 2 heterocycles. The van der Waals surface area contributed by atoms with Gasteiger partial charge in [-0.05, 0) is 74.6 Å². The standard InChI is InChI=1S/C23H27N5/c1-17-7-6-8-18(2)22(17)26-21-13-14-24-23(27-21)25-19-9-11-20(12-10-19)28-15-4-3-5-16-28/h6-14H,3-5,15-16H2,1-2H3,(H2,24,25,26,27). The minimum absolute atomic E-state index is 0.585. The molecule has 144 valence electrons. The molecule has 5 nitrogen and oxygen atoms in total. The number of benzene rings is 2. The lowest BCUT2D eigenvalue weighted by molar-refractivity contribution is 0.578. The molecule has 0 amide bonds. The summed E-state index contributed by atoms with van der Waals surface area (Å²) in [5, 5.41) is 6.73. The number of hydrogen-bond donors (Lipinski definition) is 2. The van der Waals surface area contributed by atoms with Gasteiger partial charge in [0.15, 0.2) is 0 Å². The van der Waals surface area contributed by atoms with Crippen LogP contribution in [0, 0.1) is 13.8 Å². The molecule has 5 heteroatoms. The number of hydrogen-bond acceptors (Lipinski definition) is 5. The summed E-state index contributed by atoms with van der Waals surface area (Å²) in [5.74, 6) is 1.36. The van der Waals surface area contributed by atoms with E-state index in [2.05, 4.69) is 81.8 Å². The second-order valence-corrected chi connectivity index (χ2v) is 7.38. The van der Waals surface area contributed by atoms with E-state index in [-0.39, 0.29) is 0 Å². The van der Waals surface area contributed by atoms with Crippen molar-refractivity contribution in [1.29, 1.82) is 0 Å².